The molecule has 0 fully saturated rings. The van der Waals surface area contributed by atoms with E-state index in [-0.39, 0.29) is 5.91 Å². The van der Waals surface area contributed by atoms with Crippen LogP contribution >= 0.6 is 11.3 Å². The number of anilines is 1. The van der Waals surface area contributed by atoms with Gasteiger partial charge in [0.25, 0.3) is 11.9 Å². The average Bonchev–Trinajstić information content (AvgIpc) is 3.29. The molecule has 29 heavy (non-hydrogen) atoms. The van der Waals surface area contributed by atoms with E-state index in [4.69, 9.17) is 4.74 Å². The lowest BCUT2D eigenvalue weighted by molar-refractivity contribution is -0.111. The maximum Gasteiger partial charge on any atom is 0.258 e. The highest BCUT2D eigenvalue weighted by atomic mass is 32.1. The Morgan fingerprint density at radius 3 is 2.62 bits per heavy atom. The third-order valence-corrected chi connectivity index (χ3v) is 5.24. The minimum atomic E-state index is -0.263. The summed E-state index contributed by atoms with van der Waals surface area (Å²) in [7, 11) is 0. The molecule has 1 amide bonds. The molecule has 0 radical (unpaired) electrons. The van der Waals surface area contributed by atoms with Crippen LogP contribution in [0.4, 0.5) is 5.95 Å². The summed E-state index contributed by atoms with van der Waals surface area (Å²) < 4.78 is 7.21. The first-order valence-corrected chi connectivity index (χ1v) is 10.1. The minimum absolute atomic E-state index is 0.263. The summed E-state index contributed by atoms with van der Waals surface area (Å²) in [5.74, 6) is 0.826. The number of carbonyl (C=O) groups excluding carboxylic acids is 1. The predicted molar refractivity (Wildman–Crippen MR) is 116 cm³/mol. The second kappa shape index (κ2) is 8.28. The number of ether oxygens (including phenoxy) is 1. The van der Waals surface area contributed by atoms with Gasteiger partial charge in [0.05, 0.1) is 12.3 Å². The van der Waals surface area contributed by atoms with E-state index in [1.54, 1.807) is 4.52 Å². The van der Waals surface area contributed by atoms with Gasteiger partial charge < -0.3 is 4.74 Å². The number of nitrogens with one attached hydrogen (secondary N) is 1. The number of nitrogens with zero attached hydrogens (tertiary/aromatic N) is 3. The molecule has 7 heteroatoms. The van der Waals surface area contributed by atoms with Gasteiger partial charge in [-0.25, -0.2) is 4.52 Å². The van der Waals surface area contributed by atoms with Crippen LogP contribution in [0.25, 0.3) is 16.6 Å². The summed E-state index contributed by atoms with van der Waals surface area (Å²) in [5.41, 5.74) is 3.23. The molecule has 2 heterocycles. The first-order chi connectivity index (χ1) is 14.1. The highest BCUT2D eigenvalue weighted by molar-refractivity contribution is 7.15. The second-order valence-electron chi connectivity index (χ2n) is 6.39. The van der Waals surface area contributed by atoms with Gasteiger partial charge in [-0.3, -0.25) is 10.1 Å². The van der Waals surface area contributed by atoms with Crippen molar-refractivity contribution >= 4 is 39.8 Å². The fourth-order valence-electron chi connectivity index (χ4n) is 2.90. The molecule has 2 aromatic carbocycles. The van der Waals surface area contributed by atoms with Crippen molar-refractivity contribution in [2.45, 2.75) is 13.8 Å². The van der Waals surface area contributed by atoms with Crippen molar-refractivity contribution in [3.05, 3.63) is 76.8 Å². The zero-order valence-electron chi connectivity index (χ0n) is 16.1. The summed E-state index contributed by atoms with van der Waals surface area (Å²) in [5, 5.41) is 9.17. The predicted octanol–water partition coefficient (Wildman–Crippen LogP) is 4.68. The van der Waals surface area contributed by atoms with Crippen molar-refractivity contribution in [1.29, 1.82) is 0 Å². The second-order valence-corrected chi connectivity index (χ2v) is 7.22. The lowest BCUT2D eigenvalue weighted by Crippen LogP contribution is -2.15. The lowest BCUT2D eigenvalue weighted by atomic mass is 10.0. The number of aromatic nitrogens is 3. The molecular weight excluding hydrogens is 384 g/mol. The van der Waals surface area contributed by atoms with Crippen LogP contribution in [0.3, 0.4) is 0 Å². The fraction of sp³-hybridized carbons (Fsp3) is 0.136. The Balaban J connectivity index is 1.65. The van der Waals surface area contributed by atoms with Crippen LogP contribution in [0, 0.1) is 6.92 Å². The van der Waals surface area contributed by atoms with Crippen LogP contribution in [0.15, 0.2) is 60.0 Å². The summed E-state index contributed by atoms with van der Waals surface area (Å²) in [6.07, 6.45) is 1.85. The molecule has 0 aliphatic heterocycles. The van der Waals surface area contributed by atoms with Crippen LogP contribution in [-0.2, 0) is 4.79 Å². The van der Waals surface area contributed by atoms with Crippen molar-refractivity contribution in [1.82, 2.24) is 14.6 Å². The molecule has 4 aromatic rings. The van der Waals surface area contributed by atoms with Gasteiger partial charge in [-0.1, -0.05) is 42.5 Å². The summed E-state index contributed by atoms with van der Waals surface area (Å²) in [4.78, 5) is 18.2. The summed E-state index contributed by atoms with van der Waals surface area (Å²) in [6, 6.07) is 17.2. The van der Waals surface area contributed by atoms with Crippen molar-refractivity contribution in [3.8, 4) is 5.75 Å². The van der Waals surface area contributed by atoms with E-state index in [2.05, 4.69) is 15.4 Å². The molecular formula is C22H20N4O2S. The lowest BCUT2D eigenvalue weighted by Gasteiger charge is -2.08. The Morgan fingerprint density at radius 1 is 1.17 bits per heavy atom. The van der Waals surface area contributed by atoms with Crippen molar-refractivity contribution in [2.75, 3.05) is 11.9 Å². The van der Waals surface area contributed by atoms with Gasteiger partial charge in [-0.05, 0) is 43.2 Å². The third-order valence-electron chi connectivity index (χ3n) is 4.30. The highest BCUT2D eigenvalue weighted by Gasteiger charge is 2.16. The average molecular weight is 404 g/mol. The summed E-state index contributed by atoms with van der Waals surface area (Å²) in [6.45, 7) is 4.51. The molecule has 2 aromatic heterocycles. The SMILES string of the molecule is CCOc1ccc(/C=C(/C(=O)Nc2nc3scc(C)n3n2)c2ccccc2)cc1. The Bertz CT molecular complexity index is 1160. The van der Waals surface area contributed by atoms with Gasteiger partial charge in [0.2, 0.25) is 4.96 Å². The van der Waals surface area contributed by atoms with Crippen LogP contribution in [0.1, 0.15) is 23.7 Å². The number of benzene rings is 2. The third kappa shape index (κ3) is 4.20. The molecule has 0 unspecified atom stereocenters. The molecule has 6 nitrogen and oxygen atoms in total. The van der Waals surface area contributed by atoms with E-state index < -0.39 is 0 Å². The zero-order chi connectivity index (χ0) is 20.2. The van der Waals surface area contributed by atoms with E-state index in [1.807, 2.05) is 79.9 Å². The van der Waals surface area contributed by atoms with Gasteiger partial charge >= 0.3 is 0 Å². The van der Waals surface area contributed by atoms with Crippen LogP contribution < -0.4 is 10.1 Å². The van der Waals surface area contributed by atoms with E-state index >= 15 is 0 Å². The fourth-order valence-corrected chi connectivity index (χ4v) is 3.70. The van der Waals surface area contributed by atoms with Gasteiger partial charge in [-0.15, -0.1) is 16.4 Å². The maximum absolute atomic E-state index is 13.1. The first kappa shape index (κ1) is 18.9. The van der Waals surface area contributed by atoms with Crippen LogP contribution in [0.5, 0.6) is 5.75 Å². The number of thiazole rings is 1. The molecule has 4 rings (SSSR count). The smallest absolute Gasteiger partial charge is 0.258 e. The van der Waals surface area contributed by atoms with Gasteiger partial charge in [-0.2, -0.15) is 4.98 Å². The van der Waals surface area contributed by atoms with E-state index in [9.17, 15) is 4.79 Å². The number of aryl methyl sites for hydroxylation is 1. The van der Waals surface area contributed by atoms with E-state index in [0.29, 0.717) is 18.1 Å². The Kier molecular flexibility index (Phi) is 5.39. The van der Waals surface area contributed by atoms with Crippen molar-refractivity contribution in [2.24, 2.45) is 0 Å². The zero-order valence-corrected chi connectivity index (χ0v) is 16.9. The van der Waals surface area contributed by atoms with Crippen molar-refractivity contribution < 1.29 is 9.53 Å². The molecule has 0 atom stereocenters. The number of fused-ring (bicyclic) bond motifs is 1. The molecule has 0 saturated heterocycles. The largest absolute Gasteiger partial charge is 0.494 e. The number of hydrogen-bond acceptors (Lipinski definition) is 5. The molecule has 1 N–H and O–H groups in total. The Labute approximate surface area is 172 Å². The molecule has 0 aliphatic rings. The normalized spacial score (nSPS) is 11.6. The highest BCUT2D eigenvalue weighted by Crippen LogP contribution is 2.22. The van der Waals surface area contributed by atoms with Gasteiger partial charge in [0.1, 0.15) is 5.75 Å². The summed E-state index contributed by atoms with van der Waals surface area (Å²) >= 11 is 1.49. The van der Waals surface area contributed by atoms with E-state index in [0.717, 1.165) is 27.5 Å². The quantitative estimate of drug-likeness (QED) is 0.374. The first-order valence-electron chi connectivity index (χ1n) is 9.26. The Morgan fingerprint density at radius 2 is 1.93 bits per heavy atom. The number of rotatable bonds is 6. The Hall–Kier alpha value is -3.45. The molecule has 146 valence electrons. The van der Waals surface area contributed by atoms with E-state index in [1.165, 1.54) is 11.3 Å². The van der Waals surface area contributed by atoms with Crippen LogP contribution in [-0.4, -0.2) is 27.1 Å². The number of carbonyl (C=O) groups is 1. The molecule has 0 saturated carbocycles. The van der Waals surface area contributed by atoms with Gasteiger partial charge in [0.15, 0.2) is 0 Å². The molecule has 0 aliphatic carbocycles. The molecule has 0 bridgehead atoms. The van der Waals surface area contributed by atoms with Gasteiger partial charge in [0, 0.05) is 11.0 Å². The topological polar surface area (TPSA) is 68.5 Å². The standard InChI is InChI=1S/C22H20N4O2S/c1-3-28-18-11-9-16(10-12-18)13-19(17-7-5-4-6-8-17)20(27)23-21-24-22-26(25-21)15(2)14-29-22/h4-14H,3H2,1-2H3,(H,23,25,27)/b19-13+. The molecule has 0 spiro atoms. The maximum atomic E-state index is 13.1. The minimum Gasteiger partial charge on any atom is -0.494 e. The van der Waals surface area contributed by atoms with Crippen molar-refractivity contribution in [3.63, 3.8) is 0 Å². The number of amides is 1. The number of hydrogen-bond donors (Lipinski definition) is 1. The van der Waals surface area contributed by atoms with Crippen LogP contribution in [0.2, 0.25) is 0 Å². The monoisotopic (exact) mass is 404 g/mol.